The molecular weight excluding hydrogens is 172 g/mol. The average Bonchev–Trinajstić information content (AvgIpc) is 2.11. The highest BCUT2D eigenvalue weighted by atomic mass is 16.3. The maximum Gasteiger partial charge on any atom is 0.0693 e. The first-order valence-corrected chi connectivity index (χ1v) is 5.50. The number of allylic oxidation sites excluding steroid dienone is 3. The van der Waals surface area contributed by atoms with Gasteiger partial charge in [0.05, 0.1) is 6.10 Å². The smallest absolute Gasteiger partial charge is 0.0693 e. The molecule has 0 heterocycles. The Hall–Kier alpha value is -0.560. The number of aliphatic hydroxyl groups excluding tert-OH is 1. The number of aliphatic hydroxyl groups is 1. The summed E-state index contributed by atoms with van der Waals surface area (Å²) in [5.41, 5.74) is 3.19. The molecule has 1 nitrogen and oxygen atoms in total. The van der Waals surface area contributed by atoms with Gasteiger partial charge in [-0.3, -0.25) is 0 Å². The van der Waals surface area contributed by atoms with Crippen LogP contribution < -0.4 is 0 Å². The Morgan fingerprint density at radius 2 is 2.07 bits per heavy atom. The second-order valence-corrected chi connectivity index (χ2v) is 4.78. The third-order valence-electron chi connectivity index (χ3n) is 3.49. The van der Waals surface area contributed by atoms with Crippen LogP contribution in [0.25, 0.3) is 0 Å². The molecule has 14 heavy (non-hydrogen) atoms. The highest BCUT2D eigenvalue weighted by molar-refractivity contribution is 5.26. The molecule has 1 aliphatic rings. The summed E-state index contributed by atoms with van der Waals surface area (Å²) < 4.78 is 0. The quantitative estimate of drug-likeness (QED) is 0.667. The maximum absolute atomic E-state index is 9.25. The normalized spacial score (nSPS) is 31.2. The zero-order valence-corrected chi connectivity index (χ0v) is 9.80. The molecular formula is C13H22O. The maximum atomic E-state index is 9.25. The van der Waals surface area contributed by atoms with Crippen molar-refractivity contribution < 1.29 is 5.11 Å². The summed E-state index contributed by atoms with van der Waals surface area (Å²) >= 11 is 0. The van der Waals surface area contributed by atoms with Crippen LogP contribution >= 0.6 is 0 Å². The van der Waals surface area contributed by atoms with Gasteiger partial charge in [0.1, 0.15) is 0 Å². The topological polar surface area (TPSA) is 20.2 Å². The van der Waals surface area contributed by atoms with Crippen molar-refractivity contribution in [2.75, 3.05) is 0 Å². The fourth-order valence-electron chi connectivity index (χ4n) is 2.14. The van der Waals surface area contributed by atoms with Gasteiger partial charge in [-0.2, -0.15) is 0 Å². The molecule has 1 N–H and O–H groups in total. The molecule has 2 atom stereocenters. The number of hydrogen-bond donors (Lipinski definition) is 1. The molecule has 0 aromatic heterocycles. The van der Waals surface area contributed by atoms with Gasteiger partial charge in [-0.25, -0.2) is 0 Å². The van der Waals surface area contributed by atoms with E-state index in [1.807, 2.05) is 6.08 Å². The summed E-state index contributed by atoms with van der Waals surface area (Å²) in [7, 11) is 0. The molecule has 0 aromatic carbocycles. The Bertz CT molecular complexity index is 260. The fraction of sp³-hybridized carbons (Fsp3) is 0.692. The fourth-order valence-corrected chi connectivity index (χ4v) is 2.14. The van der Waals surface area contributed by atoms with Gasteiger partial charge in [0.15, 0.2) is 0 Å². The van der Waals surface area contributed by atoms with Gasteiger partial charge >= 0.3 is 0 Å². The lowest BCUT2D eigenvalue weighted by atomic mass is 9.72. The third kappa shape index (κ3) is 2.48. The van der Waals surface area contributed by atoms with Gasteiger partial charge in [0.25, 0.3) is 0 Å². The third-order valence-corrected chi connectivity index (χ3v) is 3.49. The van der Waals surface area contributed by atoms with E-state index in [1.165, 1.54) is 30.4 Å². The molecule has 0 saturated heterocycles. The molecule has 80 valence electrons. The van der Waals surface area contributed by atoms with Crippen LogP contribution in [0.5, 0.6) is 0 Å². The molecule has 0 bridgehead atoms. The van der Waals surface area contributed by atoms with E-state index in [0.29, 0.717) is 0 Å². The second-order valence-electron chi connectivity index (χ2n) is 4.78. The molecule has 0 aromatic rings. The van der Waals surface area contributed by atoms with E-state index in [9.17, 15) is 5.11 Å². The van der Waals surface area contributed by atoms with Crippen molar-refractivity contribution in [2.45, 2.75) is 53.1 Å². The largest absolute Gasteiger partial charge is 0.389 e. The lowest BCUT2D eigenvalue weighted by Crippen LogP contribution is -2.20. The van der Waals surface area contributed by atoms with Crippen LogP contribution in [0.1, 0.15) is 47.0 Å². The monoisotopic (exact) mass is 194 g/mol. The summed E-state index contributed by atoms with van der Waals surface area (Å²) in [5, 5.41) is 9.25. The van der Waals surface area contributed by atoms with Gasteiger partial charge in [0, 0.05) is 5.41 Å². The molecule has 1 rings (SSSR count). The van der Waals surface area contributed by atoms with Crippen LogP contribution in [-0.2, 0) is 0 Å². The Labute approximate surface area is 87.5 Å². The van der Waals surface area contributed by atoms with E-state index in [-0.39, 0.29) is 11.5 Å². The predicted molar refractivity (Wildman–Crippen MR) is 61.2 cm³/mol. The summed E-state index contributed by atoms with van der Waals surface area (Å²) in [6, 6.07) is 0. The molecule has 0 spiro atoms. The summed E-state index contributed by atoms with van der Waals surface area (Å²) in [4.78, 5) is 0. The molecule has 0 amide bonds. The van der Waals surface area contributed by atoms with E-state index < -0.39 is 0 Å². The van der Waals surface area contributed by atoms with Gasteiger partial charge < -0.3 is 5.11 Å². The summed E-state index contributed by atoms with van der Waals surface area (Å²) in [6.07, 6.45) is 7.46. The minimum absolute atomic E-state index is 0.180. The lowest BCUT2D eigenvalue weighted by Gasteiger charge is -2.33. The van der Waals surface area contributed by atoms with Crippen LogP contribution in [0.2, 0.25) is 0 Å². The van der Waals surface area contributed by atoms with E-state index in [2.05, 4.69) is 26.8 Å². The second kappa shape index (κ2) is 4.31. The average molecular weight is 194 g/mol. The van der Waals surface area contributed by atoms with Crippen molar-refractivity contribution in [3.63, 3.8) is 0 Å². The molecule has 0 fully saturated rings. The SMILES string of the molecule is CC1=C(C)C(C)(C=CC(C)O)CCC1. The van der Waals surface area contributed by atoms with E-state index in [1.54, 1.807) is 6.92 Å². The molecule has 1 aliphatic carbocycles. The van der Waals surface area contributed by atoms with Crippen molar-refractivity contribution in [2.24, 2.45) is 5.41 Å². The van der Waals surface area contributed by atoms with E-state index >= 15 is 0 Å². The lowest BCUT2D eigenvalue weighted by molar-refractivity contribution is 0.242. The van der Waals surface area contributed by atoms with Crippen LogP contribution in [0.4, 0.5) is 0 Å². The highest BCUT2D eigenvalue weighted by Crippen LogP contribution is 2.41. The van der Waals surface area contributed by atoms with E-state index in [0.717, 1.165) is 0 Å². The first-order valence-electron chi connectivity index (χ1n) is 5.50. The number of rotatable bonds is 2. The van der Waals surface area contributed by atoms with Gasteiger partial charge in [-0.1, -0.05) is 30.2 Å². The van der Waals surface area contributed by atoms with Crippen LogP contribution in [0.3, 0.4) is 0 Å². The highest BCUT2D eigenvalue weighted by Gasteiger charge is 2.27. The van der Waals surface area contributed by atoms with Crippen molar-refractivity contribution >= 4 is 0 Å². The Balaban J connectivity index is 2.88. The zero-order valence-electron chi connectivity index (χ0n) is 9.80. The minimum Gasteiger partial charge on any atom is -0.389 e. The number of hydrogen-bond acceptors (Lipinski definition) is 1. The minimum atomic E-state index is -0.332. The molecule has 2 unspecified atom stereocenters. The van der Waals surface area contributed by atoms with Gasteiger partial charge in [0.2, 0.25) is 0 Å². The molecule has 0 radical (unpaired) electrons. The van der Waals surface area contributed by atoms with Gasteiger partial charge in [-0.15, -0.1) is 0 Å². The molecule has 1 heteroatoms. The van der Waals surface area contributed by atoms with Crippen LogP contribution in [-0.4, -0.2) is 11.2 Å². The van der Waals surface area contributed by atoms with Crippen molar-refractivity contribution in [1.82, 2.24) is 0 Å². The zero-order chi connectivity index (χ0) is 10.8. The standard InChI is InChI=1S/C13H22O/c1-10-6-5-8-13(4,12(10)3)9-7-11(2)14/h7,9,11,14H,5-6,8H2,1-4H3. The summed E-state index contributed by atoms with van der Waals surface area (Å²) in [6.45, 7) is 8.52. The molecule has 0 saturated carbocycles. The molecule has 0 aliphatic heterocycles. The Kier molecular flexibility index (Phi) is 3.54. The van der Waals surface area contributed by atoms with Crippen molar-refractivity contribution in [1.29, 1.82) is 0 Å². The van der Waals surface area contributed by atoms with E-state index in [4.69, 9.17) is 0 Å². The first-order chi connectivity index (χ1) is 6.46. The van der Waals surface area contributed by atoms with Crippen molar-refractivity contribution in [3.8, 4) is 0 Å². The summed E-state index contributed by atoms with van der Waals surface area (Å²) in [5.74, 6) is 0. The van der Waals surface area contributed by atoms with Gasteiger partial charge in [-0.05, 0) is 40.0 Å². The Morgan fingerprint density at radius 1 is 1.43 bits per heavy atom. The van der Waals surface area contributed by atoms with Crippen molar-refractivity contribution in [3.05, 3.63) is 23.3 Å². The van der Waals surface area contributed by atoms with Crippen LogP contribution in [0.15, 0.2) is 23.3 Å². The predicted octanol–water partition coefficient (Wildman–Crippen LogP) is 3.45. The Morgan fingerprint density at radius 3 is 2.64 bits per heavy atom. The first kappa shape index (κ1) is 11.5. The van der Waals surface area contributed by atoms with Crippen LogP contribution in [0, 0.1) is 5.41 Å².